The Morgan fingerprint density at radius 3 is 2.33 bits per heavy atom. The van der Waals surface area contributed by atoms with Crippen LogP contribution in [-0.2, 0) is 4.79 Å². The maximum absolute atomic E-state index is 12.4. The molecule has 0 aliphatic carbocycles. The van der Waals surface area contributed by atoms with Gasteiger partial charge < -0.3 is 15.4 Å². The van der Waals surface area contributed by atoms with Gasteiger partial charge in [0.1, 0.15) is 5.75 Å². The summed E-state index contributed by atoms with van der Waals surface area (Å²) < 4.78 is 5.65. The van der Waals surface area contributed by atoms with Crippen molar-refractivity contribution in [2.75, 3.05) is 10.6 Å². The normalized spacial score (nSPS) is 11.1. The molecule has 3 rings (SSSR count). The van der Waals surface area contributed by atoms with Crippen molar-refractivity contribution in [3.05, 3.63) is 88.9 Å². The lowest BCUT2D eigenvalue weighted by atomic mass is 10.2. The zero-order valence-corrected chi connectivity index (χ0v) is 16.8. The number of nitrogens with one attached hydrogen (secondary N) is 2. The molecule has 0 fully saturated rings. The molecule has 7 heteroatoms. The van der Waals surface area contributed by atoms with E-state index >= 15 is 0 Å². The molecule has 1 unspecified atom stereocenters. The fraction of sp³-hybridized carbons (Fsp3) is 0.0870. The number of ether oxygens (including phenoxy) is 1. The summed E-state index contributed by atoms with van der Waals surface area (Å²) in [5, 5.41) is 15.0. The van der Waals surface area contributed by atoms with E-state index in [2.05, 4.69) is 10.6 Å². The average Bonchev–Trinajstić information content (AvgIpc) is 2.76. The van der Waals surface area contributed by atoms with Gasteiger partial charge in [-0.25, -0.2) is 0 Å². The van der Waals surface area contributed by atoms with E-state index in [4.69, 9.17) is 21.6 Å². The Hall–Kier alpha value is -3.82. The van der Waals surface area contributed by atoms with Crippen LogP contribution < -0.4 is 15.4 Å². The number of benzene rings is 3. The van der Waals surface area contributed by atoms with Gasteiger partial charge in [0.05, 0.1) is 11.6 Å². The Bertz CT molecular complexity index is 1090. The minimum absolute atomic E-state index is 0.309. The second-order valence-electron chi connectivity index (χ2n) is 6.43. The highest BCUT2D eigenvalue weighted by Crippen LogP contribution is 2.18. The number of carbonyl (C=O) groups is 2. The van der Waals surface area contributed by atoms with E-state index in [1.807, 2.05) is 6.07 Å². The highest BCUT2D eigenvalue weighted by atomic mass is 35.5. The number of nitrogens with zero attached hydrogens (tertiary/aromatic N) is 1. The molecule has 2 amide bonds. The van der Waals surface area contributed by atoms with Crippen LogP contribution in [0.1, 0.15) is 22.8 Å². The summed E-state index contributed by atoms with van der Waals surface area (Å²) in [5.74, 6) is -0.168. The van der Waals surface area contributed by atoms with Crippen molar-refractivity contribution in [1.29, 1.82) is 5.26 Å². The third-order valence-electron chi connectivity index (χ3n) is 4.16. The van der Waals surface area contributed by atoms with Crippen molar-refractivity contribution in [2.24, 2.45) is 0 Å². The molecule has 3 aromatic carbocycles. The number of amides is 2. The lowest BCUT2D eigenvalue weighted by molar-refractivity contribution is -0.122. The van der Waals surface area contributed by atoms with Crippen LogP contribution in [0, 0.1) is 11.3 Å². The molecule has 0 saturated carbocycles. The van der Waals surface area contributed by atoms with Crippen molar-refractivity contribution in [2.45, 2.75) is 13.0 Å². The van der Waals surface area contributed by atoms with Crippen molar-refractivity contribution < 1.29 is 14.3 Å². The molecule has 150 valence electrons. The summed E-state index contributed by atoms with van der Waals surface area (Å²) >= 11 is 5.83. The van der Waals surface area contributed by atoms with Crippen LogP contribution in [0.5, 0.6) is 5.75 Å². The number of rotatable bonds is 6. The molecular formula is C23H18ClN3O3. The summed E-state index contributed by atoms with van der Waals surface area (Å²) in [6.07, 6.45) is -0.742. The maximum atomic E-state index is 12.4. The van der Waals surface area contributed by atoms with Gasteiger partial charge in [-0.05, 0) is 73.7 Å². The third-order valence-corrected chi connectivity index (χ3v) is 4.41. The molecule has 0 bridgehead atoms. The van der Waals surface area contributed by atoms with Crippen LogP contribution >= 0.6 is 11.6 Å². The van der Waals surface area contributed by atoms with Gasteiger partial charge >= 0.3 is 0 Å². The summed E-state index contributed by atoms with van der Waals surface area (Å²) in [6.45, 7) is 1.63. The van der Waals surface area contributed by atoms with Crippen LogP contribution in [0.25, 0.3) is 0 Å². The van der Waals surface area contributed by atoms with Crippen LogP contribution in [-0.4, -0.2) is 17.9 Å². The predicted octanol–water partition coefficient (Wildman–Crippen LogP) is 4.87. The molecule has 0 saturated heterocycles. The Morgan fingerprint density at radius 2 is 1.67 bits per heavy atom. The average molecular weight is 420 g/mol. The van der Waals surface area contributed by atoms with E-state index in [9.17, 15) is 9.59 Å². The van der Waals surface area contributed by atoms with Gasteiger partial charge in [-0.15, -0.1) is 0 Å². The molecule has 0 aromatic heterocycles. The number of anilines is 2. The van der Waals surface area contributed by atoms with Gasteiger partial charge in [-0.2, -0.15) is 5.26 Å². The van der Waals surface area contributed by atoms with E-state index in [1.54, 1.807) is 79.7 Å². The fourth-order valence-electron chi connectivity index (χ4n) is 2.59. The van der Waals surface area contributed by atoms with Crippen LogP contribution in [0.4, 0.5) is 11.4 Å². The fourth-order valence-corrected chi connectivity index (χ4v) is 2.72. The minimum Gasteiger partial charge on any atom is -0.481 e. The quantitative estimate of drug-likeness (QED) is 0.596. The number of halogens is 1. The van der Waals surface area contributed by atoms with Crippen molar-refractivity contribution in [3.63, 3.8) is 0 Å². The SMILES string of the molecule is CC(Oc1ccc(C(=O)Nc2cccc(C#N)c2)cc1)C(=O)Nc1ccc(Cl)cc1. The van der Waals surface area contributed by atoms with Crippen LogP contribution in [0.3, 0.4) is 0 Å². The van der Waals surface area contributed by atoms with Gasteiger partial charge in [0.15, 0.2) is 6.10 Å². The van der Waals surface area contributed by atoms with E-state index in [-0.39, 0.29) is 11.8 Å². The summed E-state index contributed by atoms with van der Waals surface area (Å²) in [6, 6.07) is 21.9. The highest BCUT2D eigenvalue weighted by molar-refractivity contribution is 6.30. The molecule has 1 atom stereocenters. The van der Waals surface area contributed by atoms with E-state index in [0.717, 1.165) is 0 Å². The lowest BCUT2D eigenvalue weighted by Gasteiger charge is -2.15. The van der Waals surface area contributed by atoms with Crippen LogP contribution in [0.2, 0.25) is 5.02 Å². The molecule has 2 N–H and O–H groups in total. The first-order valence-electron chi connectivity index (χ1n) is 9.09. The summed E-state index contributed by atoms with van der Waals surface area (Å²) in [7, 11) is 0. The van der Waals surface area contributed by atoms with E-state index in [0.29, 0.717) is 33.3 Å². The Kier molecular flexibility index (Phi) is 6.68. The predicted molar refractivity (Wildman–Crippen MR) is 116 cm³/mol. The second kappa shape index (κ2) is 9.59. The maximum Gasteiger partial charge on any atom is 0.265 e. The first-order chi connectivity index (χ1) is 14.4. The number of carbonyl (C=O) groups excluding carboxylic acids is 2. The summed E-state index contributed by atoms with van der Waals surface area (Å²) in [4.78, 5) is 24.7. The summed E-state index contributed by atoms with van der Waals surface area (Å²) in [5.41, 5.74) is 2.03. The zero-order chi connectivity index (χ0) is 21.5. The third kappa shape index (κ3) is 5.60. The second-order valence-corrected chi connectivity index (χ2v) is 6.86. The Balaban J connectivity index is 1.58. The molecule has 0 spiro atoms. The van der Waals surface area contributed by atoms with E-state index < -0.39 is 6.10 Å². The van der Waals surface area contributed by atoms with Gasteiger partial charge in [-0.3, -0.25) is 9.59 Å². The molecule has 30 heavy (non-hydrogen) atoms. The Morgan fingerprint density at radius 1 is 0.967 bits per heavy atom. The lowest BCUT2D eigenvalue weighted by Crippen LogP contribution is -2.30. The van der Waals surface area contributed by atoms with Gasteiger partial charge in [-0.1, -0.05) is 17.7 Å². The van der Waals surface area contributed by atoms with Gasteiger partial charge in [0.25, 0.3) is 11.8 Å². The standard InChI is InChI=1S/C23H18ClN3O3/c1-15(22(28)26-19-9-7-18(24)8-10-19)30-21-11-5-17(6-12-21)23(29)27-20-4-2-3-16(13-20)14-25/h2-13,15H,1H3,(H,26,28)(H,27,29). The first-order valence-corrected chi connectivity index (χ1v) is 9.47. The topological polar surface area (TPSA) is 91.2 Å². The molecule has 6 nitrogen and oxygen atoms in total. The first kappa shape index (κ1) is 20.9. The van der Waals surface area contributed by atoms with Crippen molar-refractivity contribution >= 4 is 34.8 Å². The van der Waals surface area contributed by atoms with Crippen LogP contribution in [0.15, 0.2) is 72.8 Å². The Labute approximate surface area is 179 Å². The smallest absolute Gasteiger partial charge is 0.265 e. The van der Waals surface area contributed by atoms with Crippen molar-refractivity contribution in [1.82, 2.24) is 0 Å². The largest absolute Gasteiger partial charge is 0.481 e. The highest BCUT2D eigenvalue weighted by Gasteiger charge is 2.15. The molecule has 0 aliphatic heterocycles. The molecule has 3 aromatic rings. The zero-order valence-electron chi connectivity index (χ0n) is 16.1. The minimum atomic E-state index is -0.742. The molecular weight excluding hydrogens is 402 g/mol. The van der Waals surface area contributed by atoms with Gasteiger partial charge in [0.2, 0.25) is 0 Å². The molecule has 0 heterocycles. The molecule has 0 aliphatic rings. The van der Waals surface area contributed by atoms with Crippen molar-refractivity contribution in [3.8, 4) is 11.8 Å². The number of hydrogen-bond donors (Lipinski definition) is 2. The van der Waals surface area contributed by atoms with E-state index in [1.165, 1.54) is 0 Å². The monoisotopic (exact) mass is 419 g/mol. The molecule has 0 radical (unpaired) electrons. The number of hydrogen-bond acceptors (Lipinski definition) is 4. The number of nitriles is 1. The van der Waals surface area contributed by atoms with Gasteiger partial charge in [0, 0.05) is 22.0 Å².